The molecule has 2 heterocycles. The van der Waals surface area contributed by atoms with Gasteiger partial charge in [0.25, 0.3) is 0 Å². The predicted octanol–water partition coefficient (Wildman–Crippen LogP) is 5.18. The van der Waals surface area contributed by atoms with Crippen molar-refractivity contribution < 1.29 is 0 Å². The number of rotatable bonds is 1. The minimum atomic E-state index is 0. The quantitative estimate of drug-likeness (QED) is 0.676. The number of hydrogen-bond donors (Lipinski definition) is 0. The number of nitrogens with zero attached hydrogens (tertiary/aromatic N) is 2. The van der Waals surface area contributed by atoms with Crippen LogP contribution in [0.4, 0.5) is 0 Å². The highest BCUT2D eigenvalue weighted by atomic mass is 79.9. The number of amidine groups is 1. The Balaban J connectivity index is 0.00000132. The summed E-state index contributed by atoms with van der Waals surface area (Å²) in [5.41, 5.74) is 2.54. The van der Waals surface area contributed by atoms with E-state index in [1.165, 1.54) is 21.6 Å². The van der Waals surface area contributed by atoms with Crippen molar-refractivity contribution in [3.05, 3.63) is 51.9 Å². The zero-order valence-corrected chi connectivity index (χ0v) is 14.8. The van der Waals surface area contributed by atoms with Gasteiger partial charge in [0.15, 0.2) is 5.17 Å². The van der Waals surface area contributed by atoms with Crippen molar-refractivity contribution in [1.29, 1.82) is 0 Å². The summed E-state index contributed by atoms with van der Waals surface area (Å²) in [6.45, 7) is 4.04. The minimum Gasteiger partial charge on any atom is -0.318 e. The Labute approximate surface area is 143 Å². The lowest BCUT2D eigenvalue weighted by molar-refractivity contribution is 0.648. The lowest BCUT2D eigenvalue weighted by atomic mass is 10.0. The van der Waals surface area contributed by atoms with Crippen LogP contribution in [0.5, 0.6) is 0 Å². The van der Waals surface area contributed by atoms with Crippen molar-refractivity contribution in [2.24, 2.45) is 4.99 Å². The fraction of sp³-hybridized carbons (Fsp3) is 0.188. The maximum absolute atomic E-state index is 6.32. The molecule has 2 aliphatic heterocycles. The van der Waals surface area contributed by atoms with E-state index in [4.69, 9.17) is 11.6 Å². The molecule has 0 saturated carbocycles. The molecule has 4 rings (SSSR count). The Kier molecular flexibility index (Phi) is 4.04. The average Bonchev–Trinajstić information content (AvgIpc) is 2.99. The molecule has 0 N–H and O–H groups in total. The van der Waals surface area contributed by atoms with Crippen LogP contribution in [0.2, 0.25) is 5.02 Å². The topological polar surface area (TPSA) is 15.6 Å². The van der Waals surface area contributed by atoms with E-state index in [1.807, 2.05) is 12.1 Å². The Morgan fingerprint density at radius 1 is 1.14 bits per heavy atom. The molecule has 5 heteroatoms. The highest BCUT2D eigenvalue weighted by molar-refractivity contribution is 8.93. The molecule has 0 unspecified atom stereocenters. The Hall–Kier alpha value is -0.970. The summed E-state index contributed by atoms with van der Waals surface area (Å²) in [4.78, 5) is 8.20. The molecule has 0 saturated heterocycles. The first-order valence-electron chi connectivity index (χ1n) is 6.64. The number of halogens is 2. The molecule has 2 aromatic rings. The van der Waals surface area contributed by atoms with Gasteiger partial charge in [0.1, 0.15) is 0 Å². The maximum Gasteiger partial charge on any atom is 0.168 e. The van der Waals surface area contributed by atoms with Gasteiger partial charge in [-0.05, 0) is 18.4 Å². The Morgan fingerprint density at radius 3 is 2.76 bits per heavy atom. The molecule has 0 atom stereocenters. The van der Waals surface area contributed by atoms with Gasteiger partial charge in [0.05, 0.1) is 12.2 Å². The molecule has 21 heavy (non-hydrogen) atoms. The number of fused-ring (bicyclic) bond motifs is 2. The average molecular weight is 382 g/mol. The molecule has 0 radical (unpaired) electrons. The van der Waals surface area contributed by atoms with Crippen molar-refractivity contribution in [1.82, 2.24) is 4.90 Å². The van der Waals surface area contributed by atoms with Crippen LogP contribution < -0.4 is 0 Å². The Bertz CT molecular complexity index is 785. The van der Waals surface area contributed by atoms with Crippen molar-refractivity contribution >= 4 is 62.0 Å². The van der Waals surface area contributed by atoms with E-state index in [9.17, 15) is 0 Å². The lowest BCUT2D eigenvalue weighted by Gasteiger charge is -2.19. The second-order valence-corrected chi connectivity index (χ2v) is 6.55. The fourth-order valence-corrected chi connectivity index (χ4v) is 4.19. The first-order chi connectivity index (χ1) is 9.75. The summed E-state index contributed by atoms with van der Waals surface area (Å²) in [7, 11) is 0. The molecule has 2 aromatic carbocycles. The normalized spacial score (nSPS) is 17.0. The monoisotopic (exact) mass is 380 g/mol. The number of thioether (sulfide) groups is 1. The second kappa shape index (κ2) is 5.67. The molecular formula is C16H14BrClN2S. The van der Waals surface area contributed by atoms with Crippen LogP contribution in [0.1, 0.15) is 12.5 Å². The van der Waals surface area contributed by atoms with Crippen molar-refractivity contribution in [3.8, 4) is 0 Å². The van der Waals surface area contributed by atoms with Crippen LogP contribution in [0.3, 0.4) is 0 Å². The molecule has 0 aliphatic carbocycles. The van der Waals surface area contributed by atoms with Gasteiger partial charge >= 0.3 is 0 Å². The molecule has 0 bridgehead atoms. The van der Waals surface area contributed by atoms with Gasteiger partial charge in [-0.25, -0.2) is 0 Å². The van der Waals surface area contributed by atoms with Gasteiger partial charge in [-0.2, -0.15) is 0 Å². The van der Waals surface area contributed by atoms with E-state index >= 15 is 0 Å². The molecule has 0 fully saturated rings. The summed E-state index contributed by atoms with van der Waals surface area (Å²) >= 11 is 8.10. The fourth-order valence-electron chi connectivity index (χ4n) is 2.91. The van der Waals surface area contributed by atoms with E-state index < -0.39 is 0 Å². The first kappa shape index (κ1) is 14.9. The maximum atomic E-state index is 6.32. The largest absolute Gasteiger partial charge is 0.318 e. The number of allylic oxidation sites excluding steroid dienone is 1. The van der Waals surface area contributed by atoms with Gasteiger partial charge in [-0.3, -0.25) is 4.99 Å². The minimum absolute atomic E-state index is 0. The van der Waals surface area contributed by atoms with Crippen molar-refractivity contribution in [2.45, 2.75) is 6.92 Å². The molecular weight excluding hydrogens is 368 g/mol. The van der Waals surface area contributed by atoms with E-state index in [0.717, 1.165) is 28.7 Å². The highest BCUT2D eigenvalue weighted by Crippen LogP contribution is 2.43. The van der Waals surface area contributed by atoms with Crippen LogP contribution in [0, 0.1) is 0 Å². The van der Waals surface area contributed by atoms with Crippen molar-refractivity contribution in [3.63, 3.8) is 0 Å². The first-order valence-corrected chi connectivity index (χ1v) is 7.83. The molecule has 0 amide bonds. The van der Waals surface area contributed by atoms with Crippen LogP contribution in [0.25, 0.3) is 16.5 Å². The van der Waals surface area contributed by atoms with Crippen LogP contribution in [-0.4, -0.2) is 23.2 Å². The van der Waals surface area contributed by atoms with E-state index in [0.29, 0.717) is 0 Å². The van der Waals surface area contributed by atoms with E-state index in [1.54, 1.807) is 11.8 Å². The van der Waals surface area contributed by atoms with Gasteiger partial charge in [0, 0.05) is 27.4 Å². The molecule has 0 spiro atoms. The zero-order valence-electron chi connectivity index (χ0n) is 11.5. The van der Waals surface area contributed by atoms with Gasteiger partial charge < -0.3 is 4.90 Å². The summed E-state index contributed by atoms with van der Waals surface area (Å²) in [6, 6.07) is 12.5. The van der Waals surface area contributed by atoms with E-state index in [2.05, 4.69) is 41.1 Å². The molecule has 2 nitrogen and oxygen atoms in total. The number of aliphatic imine (C=N–C) groups is 1. The lowest BCUT2D eigenvalue weighted by Crippen LogP contribution is -2.20. The zero-order chi connectivity index (χ0) is 13.7. The summed E-state index contributed by atoms with van der Waals surface area (Å²) < 4.78 is 0. The third kappa shape index (κ3) is 2.30. The SMILES string of the molecule is Br.CC1=C(c2cccc3c(Cl)cccc23)N2CCN=C2S1. The van der Waals surface area contributed by atoms with E-state index in [-0.39, 0.29) is 17.0 Å². The van der Waals surface area contributed by atoms with Crippen LogP contribution in [0.15, 0.2) is 46.3 Å². The van der Waals surface area contributed by atoms with Crippen LogP contribution >= 0.6 is 40.3 Å². The van der Waals surface area contributed by atoms with Gasteiger partial charge in [0.2, 0.25) is 0 Å². The Morgan fingerprint density at radius 2 is 1.90 bits per heavy atom. The smallest absolute Gasteiger partial charge is 0.168 e. The summed E-state index contributed by atoms with van der Waals surface area (Å²) in [5, 5.41) is 4.27. The standard InChI is InChI=1S/C16H13ClN2S.BrH/c1-10-15(19-9-8-18-16(19)20-10)13-6-2-5-12-11(13)4-3-7-14(12)17;/h2-7H,8-9H2,1H3;1H. The molecule has 108 valence electrons. The summed E-state index contributed by atoms with van der Waals surface area (Å²) in [6.07, 6.45) is 0. The summed E-state index contributed by atoms with van der Waals surface area (Å²) in [5.74, 6) is 0. The number of hydrogen-bond acceptors (Lipinski definition) is 3. The van der Waals surface area contributed by atoms with Gasteiger partial charge in [-0.1, -0.05) is 53.7 Å². The number of benzene rings is 2. The van der Waals surface area contributed by atoms with Crippen molar-refractivity contribution in [2.75, 3.05) is 13.1 Å². The third-order valence-electron chi connectivity index (χ3n) is 3.77. The van der Waals surface area contributed by atoms with Crippen LogP contribution in [-0.2, 0) is 0 Å². The van der Waals surface area contributed by atoms with Gasteiger partial charge in [-0.15, -0.1) is 17.0 Å². The second-order valence-electron chi connectivity index (χ2n) is 4.96. The highest BCUT2D eigenvalue weighted by Gasteiger charge is 2.31. The molecule has 2 aliphatic rings. The third-order valence-corrected chi connectivity index (χ3v) is 5.13. The molecule has 0 aromatic heterocycles. The predicted molar refractivity (Wildman–Crippen MR) is 98.5 cm³/mol.